The molecule has 0 radical (unpaired) electrons. The van der Waals surface area contributed by atoms with Gasteiger partial charge in [-0.3, -0.25) is 0 Å². The summed E-state index contributed by atoms with van der Waals surface area (Å²) in [6, 6.07) is 8.02. The monoisotopic (exact) mass is 264 g/mol. The van der Waals surface area contributed by atoms with Crippen LogP contribution in [0.3, 0.4) is 0 Å². The van der Waals surface area contributed by atoms with Gasteiger partial charge in [0, 0.05) is 11.9 Å². The van der Waals surface area contributed by atoms with Crippen LogP contribution in [-0.4, -0.2) is 18.4 Å². The van der Waals surface area contributed by atoms with E-state index in [1.54, 1.807) is 24.4 Å². The number of hydrogen-bond acceptors (Lipinski definition) is 5. The van der Waals surface area contributed by atoms with Crippen molar-refractivity contribution < 1.29 is 8.42 Å². The maximum atomic E-state index is 11.1. The van der Waals surface area contributed by atoms with Crippen LogP contribution in [0.25, 0.3) is 0 Å². The third kappa shape index (κ3) is 3.25. The molecule has 3 N–H and O–H groups in total. The third-order valence-electron chi connectivity index (χ3n) is 2.30. The van der Waals surface area contributed by atoms with Crippen molar-refractivity contribution in [1.29, 1.82) is 0 Å². The minimum absolute atomic E-state index is 0.0927. The Balaban J connectivity index is 2.03. The lowest BCUT2D eigenvalue weighted by Crippen LogP contribution is -2.12. The Bertz CT molecular complexity index is 611. The molecule has 0 saturated heterocycles. The van der Waals surface area contributed by atoms with Crippen LogP contribution < -0.4 is 10.5 Å². The summed E-state index contributed by atoms with van der Waals surface area (Å²) in [5.74, 6) is 0. The average molecular weight is 264 g/mol. The topological polar surface area (TPSA) is 98.0 Å². The van der Waals surface area contributed by atoms with E-state index in [9.17, 15) is 8.42 Å². The van der Waals surface area contributed by atoms with Crippen LogP contribution in [0.1, 0.15) is 5.69 Å². The summed E-state index contributed by atoms with van der Waals surface area (Å²) >= 11 is 0. The average Bonchev–Trinajstić information content (AvgIpc) is 2.37. The number of primary sulfonamides is 1. The molecule has 0 unspecified atom stereocenters. The lowest BCUT2D eigenvalue weighted by Gasteiger charge is -2.06. The number of nitrogens with two attached hydrogens (primary N) is 1. The number of benzene rings is 1. The second kappa shape index (κ2) is 5.11. The summed E-state index contributed by atoms with van der Waals surface area (Å²) in [4.78, 5) is 7.97. The van der Waals surface area contributed by atoms with Crippen molar-refractivity contribution in [2.45, 2.75) is 11.4 Å². The predicted molar refractivity (Wildman–Crippen MR) is 67.2 cm³/mol. The summed E-state index contributed by atoms with van der Waals surface area (Å²) in [6.07, 6.45) is 3.13. The first-order chi connectivity index (χ1) is 8.55. The van der Waals surface area contributed by atoms with Gasteiger partial charge in [-0.15, -0.1) is 0 Å². The van der Waals surface area contributed by atoms with Crippen LogP contribution in [0, 0.1) is 0 Å². The number of aromatic nitrogens is 2. The van der Waals surface area contributed by atoms with Crippen LogP contribution >= 0.6 is 0 Å². The molecule has 0 atom stereocenters. The highest BCUT2D eigenvalue weighted by Crippen LogP contribution is 2.13. The van der Waals surface area contributed by atoms with Crippen LogP contribution in [0.15, 0.2) is 47.8 Å². The molecule has 0 amide bonds. The van der Waals surface area contributed by atoms with Crippen LogP contribution in [0.2, 0.25) is 0 Å². The Morgan fingerprint density at radius 3 is 2.44 bits per heavy atom. The molecule has 1 aromatic heterocycles. The Kier molecular flexibility index (Phi) is 3.54. The minimum Gasteiger partial charge on any atom is -0.379 e. The van der Waals surface area contributed by atoms with E-state index in [0.717, 1.165) is 11.4 Å². The number of hydrogen-bond donors (Lipinski definition) is 2. The van der Waals surface area contributed by atoms with E-state index in [-0.39, 0.29) is 4.90 Å². The van der Waals surface area contributed by atoms with Gasteiger partial charge in [0.15, 0.2) is 0 Å². The van der Waals surface area contributed by atoms with E-state index in [0.29, 0.717) is 6.54 Å². The maximum absolute atomic E-state index is 11.1. The zero-order valence-electron chi connectivity index (χ0n) is 9.45. The van der Waals surface area contributed by atoms with Crippen molar-refractivity contribution in [1.82, 2.24) is 9.97 Å². The molecular weight excluding hydrogens is 252 g/mol. The Morgan fingerprint density at radius 2 is 1.89 bits per heavy atom. The van der Waals surface area contributed by atoms with Crippen molar-refractivity contribution in [2.24, 2.45) is 5.14 Å². The van der Waals surface area contributed by atoms with Gasteiger partial charge in [0.1, 0.15) is 6.33 Å². The standard InChI is InChI=1S/C11H12N4O2S/c12-18(16,17)11-3-1-9(2-4-11)14-7-10-5-6-13-8-15-10/h1-6,8,14H,7H2,(H2,12,16,17). The van der Waals surface area contributed by atoms with Crippen molar-refractivity contribution in [3.8, 4) is 0 Å². The second-order valence-corrected chi connectivity index (χ2v) is 5.19. The first-order valence-corrected chi connectivity index (χ1v) is 6.72. The molecule has 94 valence electrons. The molecule has 2 aromatic rings. The molecule has 1 heterocycles. The molecule has 0 bridgehead atoms. The van der Waals surface area contributed by atoms with Gasteiger partial charge < -0.3 is 5.32 Å². The van der Waals surface area contributed by atoms with Crippen molar-refractivity contribution in [3.05, 3.63) is 48.5 Å². The molecule has 0 aliphatic rings. The van der Waals surface area contributed by atoms with E-state index >= 15 is 0 Å². The maximum Gasteiger partial charge on any atom is 0.238 e. The quantitative estimate of drug-likeness (QED) is 0.848. The van der Waals surface area contributed by atoms with Gasteiger partial charge in [-0.05, 0) is 30.3 Å². The number of nitrogens with zero attached hydrogens (tertiary/aromatic N) is 2. The molecule has 0 fully saturated rings. The Morgan fingerprint density at radius 1 is 1.17 bits per heavy atom. The zero-order valence-corrected chi connectivity index (χ0v) is 10.3. The fraction of sp³-hybridized carbons (Fsp3) is 0.0909. The molecule has 18 heavy (non-hydrogen) atoms. The molecule has 6 nitrogen and oxygen atoms in total. The Labute approximate surface area is 105 Å². The highest BCUT2D eigenvalue weighted by atomic mass is 32.2. The second-order valence-electron chi connectivity index (χ2n) is 3.62. The number of nitrogens with one attached hydrogen (secondary N) is 1. The van der Waals surface area contributed by atoms with E-state index < -0.39 is 10.0 Å². The van der Waals surface area contributed by atoms with Gasteiger partial charge in [-0.2, -0.15) is 0 Å². The van der Waals surface area contributed by atoms with Gasteiger partial charge in [0.05, 0.1) is 17.1 Å². The van der Waals surface area contributed by atoms with E-state index in [1.165, 1.54) is 18.5 Å². The zero-order chi connectivity index (χ0) is 13.0. The predicted octanol–water partition coefficient (Wildman–Crippen LogP) is 0.736. The van der Waals surface area contributed by atoms with E-state index in [2.05, 4.69) is 15.3 Å². The van der Waals surface area contributed by atoms with Crippen LogP contribution in [-0.2, 0) is 16.6 Å². The molecule has 0 aliphatic carbocycles. The van der Waals surface area contributed by atoms with Crippen LogP contribution in [0.5, 0.6) is 0 Å². The third-order valence-corrected chi connectivity index (χ3v) is 3.23. The van der Waals surface area contributed by atoms with Gasteiger partial charge in [0.2, 0.25) is 10.0 Å². The van der Waals surface area contributed by atoms with Gasteiger partial charge in [-0.25, -0.2) is 23.5 Å². The Hall–Kier alpha value is -1.99. The first-order valence-electron chi connectivity index (χ1n) is 5.17. The summed E-state index contributed by atoms with van der Waals surface area (Å²) in [5, 5.41) is 8.12. The van der Waals surface area contributed by atoms with E-state index in [4.69, 9.17) is 5.14 Å². The molecule has 0 spiro atoms. The highest BCUT2D eigenvalue weighted by Gasteiger charge is 2.06. The molecule has 0 aliphatic heterocycles. The minimum atomic E-state index is -3.64. The summed E-state index contributed by atoms with van der Waals surface area (Å²) in [6.45, 7) is 0.539. The summed E-state index contributed by atoms with van der Waals surface area (Å²) in [7, 11) is -3.64. The molecular formula is C11H12N4O2S. The van der Waals surface area contributed by atoms with Gasteiger partial charge in [-0.1, -0.05) is 0 Å². The summed E-state index contributed by atoms with van der Waals surface area (Å²) in [5.41, 5.74) is 1.64. The molecule has 2 rings (SSSR count). The first kappa shape index (κ1) is 12.5. The smallest absolute Gasteiger partial charge is 0.238 e. The molecule has 0 saturated carbocycles. The largest absolute Gasteiger partial charge is 0.379 e. The number of anilines is 1. The number of rotatable bonds is 4. The van der Waals surface area contributed by atoms with E-state index in [1.807, 2.05) is 0 Å². The van der Waals surface area contributed by atoms with Crippen LogP contribution in [0.4, 0.5) is 5.69 Å². The van der Waals surface area contributed by atoms with Gasteiger partial charge >= 0.3 is 0 Å². The number of sulfonamides is 1. The lowest BCUT2D eigenvalue weighted by atomic mass is 10.3. The normalized spacial score (nSPS) is 11.2. The molecule has 7 heteroatoms. The van der Waals surface area contributed by atoms with Crippen molar-refractivity contribution in [2.75, 3.05) is 5.32 Å². The fourth-order valence-electron chi connectivity index (χ4n) is 1.38. The van der Waals surface area contributed by atoms with Gasteiger partial charge in [0.25, 0.3) is 0 Å². The lowest BCUT2D eigenvalue weighted by molar-refractivity contribution is 0.598. The van der Waals surface area contributed by atoms with Crippen molar-refractivity contribution >= 4 is 15.7 Å². The SMILES string of the molecule is NS(=O)(=O)c1ccc(NCc2ccncn2)cc1. The highest BCUT2D eigenvalue weighted by molar-refractivity contribution is 7.89. The fourth-order valence-corrected chi connectivity index (χ4v) is 1.89. The molecule has 1 aromatic carbocycles. The summed E-state index contributed by atoms with van der Waals surface area (Å²) < 4.78 is 22.1. The van der Waals surface area contributed by atoms with Crippen molar-refractivity contribution in [3.63, 3.8) is 0 Å².